The van der Waals surface area contributed by atoms with E-state index in [2.05, 4.69) is 133 Å². The van der Waals surface area contributed by atoms with Crippen LogP contribution in [0.4, 0.5) is 0 Å². The average molecular weight is 962 g/mol. The zero-order valence-electron chi connectivity index (χ0n) is 40.0. The maximum Gasteiger partial charge on any atom is 0.164 e. The molecule has 0 atom stereocenters. The van der Waals surface area contributed by atoms with Gasteiger partial charge in [-0.2, -0.15) is 0 Å². The maximum atomic E-state index is 6.40. The summed E-state index contributed by atoms with van der Waals surface area (Å²) in [5.41, 5.74) is 16.0. The molecule has 0 saturated heterocycles. The topological polar surface area (TPSA) is 104 Å². The molecule has 0 aliphatic carbocycles. The highest BCUT2D eigenvalue weighted by atomic mass is 16.3. The van der Waals surface area contributed by atoms with Gasteiger partial charge in [-0.05, 0) is 77.4 Å². The molecule has 10 aromatic carbocycles. The largest absolute Gasteiger partial charge is 0.456 e. The van der Waals surface area contributed by atoms with Crippen LogP contribution in [0, 0.1) is 0 Å². The second kappa shape index (κ2) is 17.2. The van der Waals surface area contributed by atoms with Gasteiger partial charge in [-0.3, -0.25) is 0 Å². The molecule has 0 spiro atoms. The van der Waals surface area contributed by atoms with Crippen LogP contribution in [-0.4, -0.2) is 24.9 Å². The molecule has 15 aromatic rings. The summed E-state index contributed by atoms with van der Waals surface area (Å²) < 4.78 is 19.1. The van der Waals surface area contributed by atoms with E-state index >= 15 is 0 Å². The van der Waals surface area contributed by atoms with Crippen LogP contribution in [0.5, 0.6) is 0 Å². The fourth-order valence-electron chi connectivity index (χ4n) is 10.4. The number of aromatic nitrogens is 5. The van der Waals surface area contributed by atoms with Gasteiger partial charge in [-0.1, -0.05) is 176 Å². The molecular formula is C67H39N5O3. The number of benzene rings is 10. The molecule has 0 aliphatic heterocycles. The molecule has 0 radical (unpaired) electrons. The first-order valence-corrected chi connectivity index (χ1v) is 24.9. The summed E-state index contributed by atoms with van der Waals surface area (Å²) in [7, 11) is 0. The van der Waals surface area contributed by atoms with Gasteiger partial charge in [0.05, 0.1) is 11.4 Å². The Hall–Kier alpha value is -10.3. The molecule has 0 aliphatic rings. The first-order valence-electron chi connectivity index (χ1n) is 24.9. The smallest absolute Gasteiger partial charge is 0.164 e. The molecular weight excluding hydrogens is 923 g/mol. The summed E-state index contributed by atoms with van der Waals surface area (Å²) in [4.78, 5) is 25.8. The molecule has 0 amide bonds. The minimum atomic E-state index is 0.529. The molecule has 0 unspecified atom stereocenters. The van der Waals surface area contributed by atoms with Crippen LogP contribution >= 0.6 is 0 Å². The van der Waals surface area contributed by atoms with E-state index in [1.807, 2.05) is 103 Å². The van der Waals surface area contributed by atoms with Gasteiger partial charge in [0, 0.05) is 71.3 Å². The van der Waals surface area contributed by atoms with Crippen molar-refractivity contribution in [3.8, 4) is 90.3 Å². The molecule has 0 bridgehead atoms. The number of hydrogen-bond acceptors (Lipinski definition) is 8. The quantitative estimate of drug-likeness (QED) is 0.148. The minimum Gasteiger partial charge on any atom is -0.456 e. The third kappa shape index (κ3) is 7.42. The van der Waals surface area contributed by atoms with Crippen molar-refractivity contribution in [2.75, 3.05) is 0 Å². The van der Waals surface area contributed by atoms with Crippen molar-refractivity contribution in [3.05, 3.63) is 237 Å². The predicted octanol–water partition coefficient (Wildman–Crippen LogP) is 17.7. The SMILES string of the molecule is c1ccc(-c2nc(-c3ccc(-c4cccc5c4oc4ccccc45)cc3)cc(-c3cccc(-c4cccc(-c5nc(-c6ccc7c(c6)oc6ccccc67)nc(-c6ccc7c(c6)oc6ccccc67)n5)c4)c3)n2)cc1. The van der Waals surface area contributed by atoms with E-state index in [1.165, 1.54) is 0 Å². The summed E-state index contributed by atoms with van der Waals surface area (Å²) in [6.07, 6.45) is 0. The summed E-state index contributed by atoms with van der Waals surface area (Å²) >= 11 is 0. The van der Waals surface area contributed by atoms with Gasteiger partial charge in [-0.15, -0.1) is 0 Å². The van der Waals surface area contributed by atoms with Gasteiger partial charge in [0.2, 0.25) is 0 Å². The van der Waals surface area contributed by atoms with E-state index in [1.54, 1.807) is 0 Å². The molecule has 15 rings (SSSR count). The number of rotatable bonds is 8. The van der Waals surface area contributed by atoms with E-state index in [0.717, 1.165) is 133 Å². The average Bonchev–Trinajstić information content (AvgIpc) is 4.20. The van der Waals surface area contributed by atoms with Gasteiger partial charge in [0.25, 0.3) is 0 Å². The number of fused-ring (bicyclic) bond motifs is 9. The fourth-order valence-corrected chi connectivity index (χ4v) is 10.4. The van der Waals surface area contributed by atoms with Crippen LogP contribution < -0.4 is 0 Å². The van der Waals surface area contributed by atoms with E-state index in [-0.39, 0.29) is 0 Å². The van der Waals surface area contributed by atoms with Crippen molar-refractivity contribution >= 4 is 65.8 Å². The second-order valence-corrected chi connectivity index (χ2v) is 18.8. The standard InChI is InChI=1S/C67H39N5O3/c1-2-13-42(14-3-1)64-68-56(41-29-27-40(28-30-41)49-22-12-23-55-52-21-6-9-26-60(52)75-63(49)55)39-57(69-64)45-17-10-15-43(35-45)44-16-11-18-46(36-44)65-70-66(47-31-33-53-50-19-4-7-24-58(50)73-61(53)37-47)72-67(71-65)48-32-34-54-51-20-5-8-25-59(51)74-62(54)38-48/h1-39H. The normalized spacial score (nSPS) is 11.7. The molecule has 8 heteroatoms. The molecule has 5 aromatic heterocycles. The monoisotopic (exact) mass is 961 g/mol. The zero-order valence-corrected chi connectivity index (χ0v) is 40.0. The van der Waals surface area contributed by atoms with Crippen LogP contribution in [0.3, 0.4) is 0 Å². The molecule has 8 nitrogen and oxygen atoms in total. The second-order valence-electron chi connectivity index (χ2n) is 18.8. The van der Waals surface area contributed by atoms with E-state index in [9.17, 15) is 0 Å². The van der Waals surface area contributed by atoms with Crippen molar-refractivity contribution in [1.82, 2.24) is 24.9 Å². The Morgan fingerprint density at radius 2 is 0.613 bits per heavy atom. The minimum absolute atomic E-state index is 0.529. The van der Waals surface area contributed by atoms with Crippen LogP contribution in [0.1, 0.15) is 0 Å². The Morgan fingerprint density at radius 3 is 1.23 bits per heavy atom. The molecule has 0 saturated carbocycles. The summed E-state index contributed by atoms with van der Waals surface area (Å²) in [6.45, 7) is 0. The molecule has 75 heavy (non-hydrogen) atoms. The summed E-state index contributed by atoms with van der Waals surface area (Å²) in [5, 5.41) is 6.40. The first-order chi connectivity index (χ1) is 37.1. The Bertz CT molecular complexity index is 4590. The van der Waals surface area contributed by atoms with Gasteiger partial charge >= 0.3 is 0 Å². The molecule has 0 N–H and O–H groups in total. The van der Waals surface area contributed by atoms with Crippen molar-refractivity contribution in [3.63, 3.8) is 0 Å². The fraction of sp³-hybridized carbons (Fsp3) is 0. The summed E-state index contributed by atoms with van der Waals surface area (Å²) in [5.74, 6) is 2.24. The highest BCUT2D eigenvalue weighted by Gasteiger charge is 2.19. The zero-order chi connectivity index (χ0) is 49.4. The van der Waals surface area contributed by atoms with E-state index in [4.69, 9.17) is 38.2 Å². The Kier molecular flexibility index (Phi) is 9.71. The van der Waals surface area contributed by atoms with Gasteiger partial charge < -0.3 is 13.3 Å². The predicted molar refractivity (Wildman–Crippen MR) is 301 cm³/mol. The molecule has 0 fully saturated rings. The van der Waals surface area contributed by atoms with Crippen LogP contribution in [0.2, 0.25) is 0 Å². The highest BCUT2D eigenvalue weighted by molar-refractivity contribution is 6.10. The lowest BCUT2D eigenvalue weighted by Crippen LogP contribution is -2.00. The third-order valence-corrected chi connectivity index (χ3v) is 14.2. The van der Waals surface area contributed by atoms with Gasteiger partial charge in [0.15, 0.2) is 23.3 Å². The van der Waals surface area contributed by atoms with Gasteiger partial charge in [0.1, 0.15) is 33.5 Å². The van der Waals surface area contributed by atoms with Crippen LogP contribution in [0.25, 0.3) is 156 Å². The lowest BCUT2D eigenvalue weighted by molar-refractivity contribution is 0.668. The van der Waals surface area contributed by atoms with E-state index in [0.29, 0.717) is 23.3 Å². The molecule has 5 heterocycles. The van der Waals surface area contributed by atoms with Crippen LogP contribution in [-0.2, 0) is 0 Å². The Balaban J connectivity index is 0.810. The number of hydrogen-bond donors (Lipinski definition) is 0. The Morgan fingerprint density at radius 1 is 0.213 bits per heavy atom. The van der Waals surface area contributed by atoms with Crippen LogP contribution in [0.15, 0.2) is 250 Å². The molecule has 350 valence electrons. The van der Waals surface area contributed by atoms with Crippen molar-refractivity contribution in [2.45, 2.75) is 0 Å². The Labute approximate surface area is 428 Å². The van der Waals surface area contributed by atoms with Gasteiger partial charge in [-0.25, -0.2) is 24.9 Å². The van der Waals surface area contributed by atoms with Crippen molar-refractivity contribution in [1.29, 1.82) is 0 Å². The van der Waals surface area contributed by atoms with Crippen molar-refractivity contribution < 1.29 is 13.3 Å². The lowest BCUT2D eigenvalue weighted by Gasteiger charge is -2.12. The first kappa shape index (κ1) is 42.4. The number of furan rings is 3. The highest BCUT2D eigenvalue weighted by Crippen LogP contribution is 2.39. The van der Waals surface area contributed by atoms with E-state index < -0.39 is 0 Å². The van der Waals surface area contributed by atoms with Crippen molar-refractivity contribution in [2.24, 2.45) is 0 Å². The number of nitrogens with zero attached hydrogens (tertiary/aromatic N) is 5. The third-order valence-electron chi connectivity index (χ3n) is 14.2. The lowest BCUT2D eigenvalue weighted by atomic mass is 9.98. The summed E-state index contributed by atoms with van der Waals surface area (Å²) in [6, 6.07) is 80.6. The maximum absolute atomic E-state index is 6.40. The number of para-hydroxylation sites is 4.